The molecule has 0 spiro atoms. The van der Waals surface area contributed by atoms with E-state index in [2.05, 4.69) is 19.1 Å². The summed E-state index contributed by atoms with van der Waals surface area (Å²) in [5.41, 5.74) is 2.47. The molecule has 1 saturated heterocycles. The zero-order valence-electron chi connectivity index (χ0n) is 8.12. The first-order valence-corrected chi connectivity index (χ1v) is 5.04. The predicted molar refractivity (Wildman–Crippen MR) is 53.4 cm³/mol. The quantitative estimate of drug-likeness (QED) is 0.680. The maximum Gasteiger partial charge on any atom is 0.185 e. The van der Waals surface area contributed by atoms with Crippen molar-refractivity contribution in [3.63, 3.8) is 0 Å². The highest BCUT2D eigenvalue weighted by Gasteiger charge is 2.47. The van der Waals surface area contributed by atoms with Crippen molar-refractivity contribution >= 4 is 5.76 Å². The Balaban J connectivity index is 1.95. The molecule has 1 atom stereocenters. The summed E-state index contributed by atoms with van der Waals surface area (Å²) in [4.78, 5) is 0. The van der Waals surface area contributed by atoms with E-state index in [4.69, 9.17) is 9.47 Å². The topological polar surface area (TPSA) is 21.8 Å². The van der Waals surface area contributed by atoms with E-state index in [0.717, 1.165) is 24.5 Å². The van der Waals surface area contributed by atoms with E-state index in [-0.39, 0.29) is 6.10 Å². The molecule has 0 bridgehead atoms. The number of ether oxygens (including phenoxy) is 2. The summed E-state index contributed by atoms with van der Waals surface area (Å²) in [7, 11) is 0. The van der Waals surface area contributed by atoms with E-state index in [1.165, 1.54) is 11.1 Å². The normalized spacial score (nSPS) is 21.4. The maximum absolute atomic E-state index is 5.69. The minimum absolute atomic E-state index is 0.207. The van der Waals surface area contributed by atoms with Crippen molar-refractivity contribution in [2.24, 2.45) is 0 Å². The Morgan fingerprint density at radius 2 is 2.21 bits per heavy atom. The van der Waals surface area contributed by atoms with Gasteiger partial charge in [0.05, 0.1) is 6.61 Å². The van der Waals surface area contributed by atoms with Crippen LogP contribution in [0.15, 0.2) is 30.0 Å². The summed E-state index contributed by atoms with van der Waals surface area (Å²) >= 11 is 0. The minimum Gasteiger partial charge on any atom is -0.489 e. The molecule has 2 aliphatic rings. The van der Waals surface area contributed by atoms with Gasteiger partial charge in [-0.3, -0.25) is 0 Å². The van der Waals surface area contributed by atoms with Gasteiger partial charge < -0.3 is 9.47 Å². The Bertz CT molecular complexity index is 407. The van der Waals surface area contributed by atoms with Crippen molar-refractivity contribution in [1.82, 2.24) is 0 Å². The van der Waals surface area contributed by atoms with Crippen LogP contribution >= 0.6 is 0 Å². The van der Waals surface area contributed by atoms with Crippen LogP contribution in [0.4, 0.5) is 0 Å². The van der Waals surface area contributed by atoms with Gasteiger partial charge >= 0.3 is 0 Å². The third-order valence-electron chi connectivity index (χ3n) is 2.59. The lowest BCUT2D eigenvalue weighted by Gasteiger charge is -2.08. The number of fused-ring (bicyclic) bond motifs is 3. The van der Waals surface area contributed by atoms with Gasteiger partial charge in [-0.1, -0.05) is 31.2 Å². The predicted octanol–water partition coefficient (Wildman–Crippen LogP) is 2.87. The third-order valence-corrected chi connectivity index (χ3v) is 2.59. The number of benzene rings is 1. The molecule has 1 fully saturated rings. The molecule has 1 aromatic carbocycles. The molecule has 14 heavy (non-hydrogen) atoms. The minimum atomic E-state index is 0.207. The van der Waals surface area contributed by atoms with Gasteiger partial charge in [0, 0.05) is 11.1 Å². The monoisotopic (exact) mass is 188 g/mol. The number of epoxide rings is 1. The molecule has 1 unspecified atom stereocenters. The van der Waals surface area contributed by atoms with Crippen LogP contribution in [0.3, 0.4) is 0 Å². The Hall–Kier alpha value is -1.44. The van der Waals surface area contributed by atoms with Gasteiger partial charge in [0.15, 0.2) is 17.6 Å². The van der Waals surface area contributed by atoms with E-state index >= 15 is 0 Å². The fraction of sp³-hybridized carbons (Fsp3) is 0.333. The van der Waals surface area contributed by atoms with E-state index in [9.17, 15) is 0 Å². The largest absolute Gasteiger partial charge is 0.489 e. The zero-order chi connectivity index (χ0) is 9.54. The molecule has 0 saturated carbocycles. The molecule has 2 nitrogen and oxygen atoms in total. The van der Waals surface area contributed by atoms with Crippen molar-refractivity contribution in [3.05, 3.63) is 41.2 Å². The van der Waals surface area contributed by atoms with E-state index in [1.807, 2.05) is 12.1 Å². The van der Waals surface area contributed by atoms with Crippen molar-refractivity contribution in [2.75, 3.05) is 6.61 Å². The van der Waals surface area contributed by atoms with Crippen LogP contribution in [0.2, 0.25) is 0 Å². The van der Waals surface area contributed by atoms with Gasteiger partial charge in [0.25, 0.3) is 0 Å². The Morgan fingerprint density at radius 1 is 1.36 bits per heavy atom. The molecule has 1 aromatic rings. The van der Waals surface area contributed by atoms with Crippen LogP contribution < -0.4 is 0 Å². The summed E-state index contributed by atoms with van der Waals surface area (Å²) in [6.07, 6.45) is 1.24. The summed E-state index contributed by atoms with van der Waals surface area (Å²) in [5.74, 6) is 1.99. The molecule has 0 amide bonds. The number of hydrogen-bond donors (Lipinski definition) is 0. The SMILES string of the molecule is CCCOC1=C2OC2c2ccccc21. The summed E-state index contributed by atoms with van der Waals surface area (Å²) in [6, 6.07) is 8.29. The number of rotatable bonds is 3. The lowest BCUT2D eigenvalue weighted by molar-refractivity contribution is 0.270. The van der Waals surface area contributed by atoms with Crippen molar-refractivity contribution in [3.8, 4) is 0 Å². The van der Waals surface area contributed by atoms with Crippen molar-refractivity contribution in [2.45, 2.75) is 19.4 Å². The van der Waals surface area contributed by atoms with Crippen LogP contribution in [-0.4, -0.2) is 6.61 Å². The second-order valence-corrected chi connectivity index (χ2v) is 3.63. The molecule has 72 valence electrons. The average molecular weight is 188 g/mol. The lowest BCUT2D eigenvalue weighted by Crippen LogP contribution is -1.94. The van der Waals surface area contributed by atoms with E-state index in [1.54, 1.807) is 0 Å². The first kappa shape index (κ1) is 7.92. The second-order valence-electron chi connectivity index (χ2n) is 3.63. The highest BCUT2D eigenvalue weighted by Crippen LogP contribution is 2.55. The highest BCUT2D eigenvalue weighted by molar-refractivity contribution is 5.75. The Kier molecular flexibility index (Phi) is 1.57. The van der Waals surface area contributed by atoms with Gasteiger partial charge in [-0.2, -0.15) is 0 Å². The lowest BCUT2D eigenvalue weighted by atomic mass is 10.1. The van der Waals surface area contributed by atoms with Gasteiger partial charge in [-0.25, -0.2) is 0 Å². The standard InChI is InChI=1S/C12H12O2/c1-2-7-13-10-8-5-3-4-6-9(8)11-12(10)14-11/h3-6,11H,2,7H2,1H3. The van der Waals surface area contributed by atoms with Crippen LogP contribution in [0.25, 0.3) is 5.76 Å². The first-order chi connectivity index (χ1) is 6.92. The van der Waals surface area contributed by atoms with Crippen LogP contribution in [0, 0.1) is 0 Å². The average Bonchev–Trinajstić information content (AvgIpc) is 2.95. The molecule has 0 radical (unpaired) electrons. The Labute approximate surface area is 83.1 Å². The summed E-state index contributed by atoms with van der Waals surface area (Å²) in [6.45, 7) is 2.88. The molecular formula is C12H12O2. The van der Waals surface area contributed by atoms with Gasteiger partial charge in [-0.15, -0.1) is 0 Å². The highest BCUT2D eigenvalue weighted by atomic mass is 16.6. The fourth-order valence-electron chi connectivity index (χ4n) is 1.89. The van der Waals surface area contributed by atoms with Gasteiger partial charge in [0.2, 0.25) is 0 Å². The molecule has 0 N–H and O–H groups in total. The fourth-order valence-corrected chi connectivity index (χ4v) is 1.89. The van der Waals surface area contributed by atoms with Crippen LogP contribution in [-0.2, 0) is 9.47 Å². The maximum atomic E-state index is 5.69. The third kappa shape index (κ3) is 0.969. The van der Waals surface area contributed by atoms with Crippen molar-refractivity contribution < 1.29 is 9.47 Å². The van der Waals surface area contributed by atoms with Crippen molar-refractivity contribution in [1.29, 1.82) is 0 Å². The number of hydrogen-bond acceptors (Lipinski definition) is 2. The van der Waals surface area contributed by atoms with Crippen LogP contribution in [0.1, 0.15) is 30.6 Å². The molecule has 1 heterocycles. The molecule has 1 aliphatic heterocycles. The molecular weight excluding hydrogens is 176 g/mol. The molecule has 3 rings (SSSR count). The zero-order valence-corrected chi connectivity index (χ0v) is 8.12. The molecule has 2 heteroatoms. The van der Waals surface area contributed by atoms with Gasteiger partial charge in [0.1, 0.15) is 0 Å². The Morgan fingerprint density at radius 3 is 3.07 bits per heavy atom. The molecule has 1 aliphatic carbocycles. The second kappa shape index (κ2) is 2.77. The van der Waals surface area contributed by atoms with Gasteiger partial charge in [-0.05, 0) is 6.42 Å². The summed E-state index contributed by atoms with van der Waals surface area (Å²) < 4.78 is 11.1. The van der Waals surface area contributed by atoms with E-state index < -0.39 is 0 Å². The summed E-state index contributed by atoms with van der Waals surface area (Å²) in [5, 5.41) is 0. The first-order valence-electron chi connectivity index (χ1n) is 5.04. The van der Waals surface area contributed by atoms with Crippen LogP contribution in [0.5, 0.6) is 0 Å². The van der Waals surface area contributed by atoms with E-state index in [0.29, 0.717) is 0 Å². The molecule has 0 aromatic heterocycles. The smallest absolute Gasteiger partial charge is 0.185 e.